The lowest BCUT2D eigenvalue weighted by Gasteiger charge is -2.19. The van der Waals surface area contributed by atoms with Crippen LogP contribution in [0.5, 0.6) is 0 Å². The van der Waals surface area contributed by atoms with E-state index >= 15 is 0 Å². The molecule has 2 N–H and O–H groups in total. The minimum atomic E-state index is 0.581. The van der Waals surface area contributed by atoms with Crippen molar-refractivity contribution < 1.29 is 0 Å². The Morgan fingerprint density at radius 1 is 1.15 bits per heavy atom. The van der Waals surface area contributed by atoms with E-state index in [4.69, 9.17) is 0 Å². The molecule has 144 valence electrons. The molecule has 1 aliphatic rings. The van der Waals surface area contributed by atoms with Crippen LogP contribution in [0.3, 0.4) is 0 Å². The Morgan fingerprint density at radius 2 is 2.00 bits per heavy atom. The summed E-state index contributed by atoms with van der Waals surface area (Å²) in [4.78, 5) is 0. The van der Waals surface area contributed by atoms with Gasteiger partial charge in [-0.1, -0.05) is 43.3 Å². The minimum Gasteiger partial charge on any atom is -0.388 e. The fourth-order valence-corrected chi connectivity index (χ4v) is 3.90. The van der Waals surface area contributed by atoms with E-state index in [9.17, 15) is 0 Å². The first-order valence-electron chi connectivity index (χ1n) is 10.5. The molecule has 1 heterocycles. The highest BCUT2D eigenvalue weighted by Gasteiger charge is 2.11. The number of benzene rings is 2. The summed E-state index contributed by atoms with van der Waals surface area (Å²) in [7, 11) is 1.97. The van der Waals surface area contributed by atoms with Gasteiger partial charge >= 0.3 is 0 Å². The van der Waals surface area contributed by atoms with E-state index < -0.39 is 0 Å². The summed E-state index contributed by atoms with van der Waals surface area (Å²) in [5.74, 6) is 0.581. The first kappa shape index (κ1) is 19.5. The molecule has 27 heavy (non-hydrogen) atoms. The van der Waals surface area contributed by atoms with E-state index in [2.05, 4.69) is 66.6 Å². The van der Waals surface area contributed by atoms with E-state index in [0.29, 0.717) is 5.92 Å². The maximum absolute atomic E-state index is 4.38. The first-order chi connectivity index (χ1) is 13.2. The molecule has 2 nitrogen and oxygen atoms in total. The molecule has 1 atom stereocenters. The van der Waals surface area contributed by atoms with Crippen LogP contribution in [0.2, 0.25) is 0 Å². The van der Waals surface area contributed by atoms with E-state index in [-0.39, 0.29) is 0 Å². The summed E-state index contributed by atoms with van der Waals surface area (Å²) in [6.45, 7) is 7.82. The molecule has 1 unspecified atom stereocenters. The number of nitrogens with one attached hydrogen (secondary N) is 2. The molecule has 0 bridgehead atoms. The first-order valence-corrected chi connectivity index (χ1v) is 10.5. The van der Waals surface area contributed by atoms with Crippen molar-refractivity contribution in [3.8, 4) is 0 Å². The predicted octanol–water partition coefficient (Wildman–Crippen LogP) is 6.23. The molecule has 0 saturated heterocycles. The largest absolute Gasteiger partial charge is 0.388 e. The third-order valence-electron chi connectivity index (χ3n) is 5.85. The van der Waals surface area contributed by atoms with Crippen molar-refractivity contribution in [3.63, 3.8) is 0 Å². The van der Waals surface area contributed by atoms with Crippen LogP contribution in [-0.2, 0) is 19.3 Å². The summed E-state index contributed by atoms with van der Waals surface area (Å²) in [5, 5.41) is 6.76. The lowest BCUT2D eigenvalue weighted by molar-refractivity contribution is 0.581. The van der Waals surface area contributed by atoms with Crippen LogP contribution >= 0.6 is 0 Å². The molecule has 0 saturated carbocycles. The van der Waals surface area contributed by atoms with Gasteiger partial charge in [0, 0.05) is 25.0 Å². The molecule has 2 aromatic carbocycles. The Hall–Kier alpha value is -2.22. The monoisotopic (exact) mass is 362 g/mol. The number of hydrogen-bond acceptors (Lipinski definition) is 2. The van der Waals surface area contributed by atoms with E-state index in [1.165, 1.54) is 59.3 Å². The molecular weight excluding hydrogens is 328 g/mol. The molecule has 0 spiro atoms. The average molecular weight is 363 g/mol. The zero-order chi connectivity index (χ0) is 19.1. The zero-order valence-electron chi connectivity index (χ0n) is 17.0. The Bertz CT molecular complexity index is 763. The summed E-state index contributed by atoms with van der Waals surface area (Å²) < 4.78 is 0. The van der Waals surface area contributed by atoms with Crippen molar-refractivity contribution in [1.29, 1.82) is 0 Å². The highest BCUT2D eigenvalue weighted by molar-refractivity contribution is 5.55. The van der Waals surface area contributed by atoms with Crippen LogP contribution in [0.15, 0.2) is 54.6 Å². The molecule has 3 rings (SSSR count). The molecule has 0 aliphatic carbocycles. The number of fused-ring (bicyclic) bond motifs is 1. The third-order valence-corrected chi connectivity index (χ3v) is 5.85. The fraction of sp³-hybridized carbons (Fsp3) is 0.440. The van der Waals surface area contributed by atoms with Gasteiger partial charge in [0.1, 0.15) is 0 Å². The molecule has 1 aliphatic heterocycles. The van der Waals surface area contributed by atoms with Gasteiger partial charge in [-0.25, -0.2) is 0 Å². The second kappa shape index (κ2) is 9.64. The predicted molar refractivity (Wildman–Crippen MR) is 119 cm³/mol. The van der Waals surface area contributed by atoms with Gasteiger partial charge in [-0.15, -0.1) is 0 Å². The molecule has 0 aromatic heterocycles. The summed E-state index contributed by atoms with van der Waals surface area (Å²) in [6.07, 6.45) is 8.22. The van der Waals surface area contributed by atoms with Gasteiger partial charge in [0.15, 0.2) is 0 Å². The molecule has 0 radical (unpaired) electrons. The molecule has 2 aromatic rings. The van der Waals surface area contributed by atoms with Crippen molar-refractivity contribution in [3.05, 3.63) is 71.3 Å². The van der Waals surface area contributed by atoms with Gasteiger partial charge < -0.3 is 10.6 Å². The number of anilines is 2. The van der Waals surface area contributed by atoms with Crippen molar-refractivity contribution in [2.24, 2.45) is 5.92 Å². The normalized spacial score (nSPS) is 14.1. The number of rotatable bonds is 9. The highest BCUT2D eigenvalue weighted by atomic mass is 14.9. The topological polar surface area (TPSA) is 24.1 Å². The highest BCUT2D eigenvalue weighted by Crippen LogP contribution is 2.26. The SMILES string of the molecule is C=C(CCCc1cccc(NC)c1)C(C)CCc1ccc2c(c1)NCCC2. The van der Waals surface area contributed by atoms with Crippen molar-refractivity contribution in [2.75, 3.05) is 24.2 Å². The van der Waals surface area contributed by atoms with Crippen LogP contribution in [-0.4, -0.2) is 13.6 Å². The third kappa shape index (κ3) is 5.63. The number of allylic oxidation sites excluding steroid dienone is 1. The Morgan fingerprint density at radius 3 is 2.85 bits per heavy atom. The van der Waals surface area contributed by atoms with Gasteiger partial charge in [-0.2, -0.15) is 0 Å². The van der Waals surface area contributed by atoms with Crippen LogP contribution in [0, 0.1) is 5.92 Å². The van der Waals surface area contributed by atoms with Gasteiger partial charge in [-0.3, -0.25) is 0 Å². The zero-order valence-corrected chi connectivity index (χ0v) is 17.0. The van der Waals surface area contributed by atoms with Crippen molar-refractivity contribution in [2.45, 2.75) is 51.9 Å². The smallest absolute Gasteiger partial charge is 0.0375 e. The van der Waals surface area contributed by atoms with E-state index in [0.717, 1.165) is 25.8 Å². The summed E-state index contributed by atoms with van der Waals surface area (Å²) in [6, 6.07) is 15.7. The fourth-order valence-electron chi connectivity index (χ4n) is 3.90. The molecular formula is C25H34N2. The maximum Gasteiger partial charge on any atom is 0.0375 e. The summed E-state index contributed by atoms with van der Waals surface area (Å²) in [5.41, 5.74) is 8.28. The second-order valence-corrected chi connectivity index (χ2v) is 7.92. The number of aryl methyl sites for hydroxylation is 3. The minimum absolute atomic E-state index is 0.581. The maximum atomic E-state index is 4.38. The van der Waals surface area contributed by atoms with Gasteiger partial charge in [-0.05, 0) is 85.8 Å². The Labute approximate surface area is 165 Å². The van der Waals surface area contributed by atoms with E-state index in [1.54, 1.807) is 0 Å². The number of hydrogen-bond donors (Lipinski definition) is 2. The van der Waals surface area contributed by atoms with Crippen LogP contribution < -0.4 is 10.6 Å². The quantitative estimate of drug-likeness (QED) is 0.516. The lowest BCUT2D eigenvalue weighted by Crippen LogP contribution is -2.12. The second-order valence-electron chi connectivity index (χ2n) is 7.92. The van der Waals surface area contributed by atoms with E-state index in [1.807, 2.05) is 7.05 Å². The van der Waals surface area contributed by atoms with Crippen LogP contribution in [0.25, 0.3) is 0 Å². The molecule has 0 fully saturated rings. The van der Waals surface area contributed by atoms with Gasteiger partial charge in [0.2, 0.25) is 0 Å². The van der Waals surface area contributed by atoms with Gasteiger partial charge in [0.25, 0.3) is 0 Å². The Kier molecular flexibility index (Phi) is 6.98. The standard InChI is InChI=1S/C25H34N2/c1-19(7-4-8-21-9-5-11-24(17-21)26-3)20(2)12-13-22-14-15-23-10-6-16-27-25(23)18-22/h5,9,11,14-15,17-18,20,26-27H,1,4,6-8,10,12-13,16H2,2-3H3. The van der Waals surface area contributed by atoms with Crippen molar-refractivity contribution in [1.82, 2.24) is 0 Å². The van der Waals surface area contributed by atoms with Crippen molar-refractivity contribution >= 4 is 11.4 Å². The Balaban J connectivity index is 1.42. The van der Waals surface area contributed by atoms with Crippen LogP contribution in [0.1, 0.15) is 49.3 Å². The molecule has 2 heteroatoms. The van der Waals surface area contributed by atoms with Crippen LogP contribution in [0.4, 0.5) is 11.4 Å². The average Bonchev–Trinajstić information content (AvgIpc) is 2.71. The summed E-state index contributed by atoms with van der Waals surface area (Å²) >= 11 is 0. The lowest BCUT2D eigenvalue weighted by atomic mass is 9.90. The van der Waals surface area contributed by atoms with Gasteiger partial charge in [0.05, 0.1) is 0 Å². The molecule has 0 amide bonds.